The van der Waals surface area contributed by atoms with Crippen molar-refractivity contribution in [1.29, 1.82) is 5.26 Å². The normalized spacial score (nSPS) is 10.0. The minimum atomic E-state index is 0.744. The van der Waals surface area contributed by atoms with Gasteiger partial charge in [-0.05, 0) is 24.6 Å². The van der Waals surface area contributed by atoms with E-state index in [1.54, 1.807) is 0 Å². The van der Waals surface area contributed by atoms with Gasteiger partial charge in [0.1, 0.15) is 6.07 Å². The van der Waals surface area contributed by atoms with E-state index in [1.807, 2.05) is 41.9 Å². The molecule has 0 aromatic carbocycles. The summed E-state index contributed by atoms with van der Waals surface area (Å²) >= 11 is 0. The van der Waals surface area contributed by atoms with Crippen molar-refractivity contribution in [3.05, 3.63) is 41.7 Å². The summed E-state index contributed by atoms with van der Waals surface area (Å²) in [6.07, 6.45) is 3.85. The van der Waals surface area contributed by atoms with Gasteiger partial charge < -0.3 is 4.40 Å². The quantitative estimate of drug-likeness (QED) is 0.574. The first-order valence-electron chi connectivity index (χ1n) is 3.79. The molecule has 0 saturated heterocycles. The van der Waals surface area contributed by atoms with Gasteiger partial charge >= 0.3 is 0 Å². The van der Waals surface area contributed by atoms with E-state index in [4.69, 9.17) is 5.26 Å². The van der Waals surface area contributed by atoms with Crippen LogP contribution in [-0.4, -0.2) is 4.40 Å². The second kappa shape index (κ2) is 2.38. The second-order valence-electron chi connectivity index (χ2n) is 2.79. The van der Waals surface area contributed by atoms with Crippen molar-refractivity contribution < 1.29 is 0 Å². The van der Waals surface area contributed by atoms with Gasteiger partial charge in [0.15, 0.2) is 0 Å². The Morgan fingerprint density at radius 2 is 2.17 bits per heavy atom. The third kappa shape index (κ3) is 0.802. The summed E-state index contributed by atoms with van der Waals surface area (Å²) in [5.41, 5.74) is 2.90. The Labute approximate surface area is 70.7 Å². The highest BCUT2D eigenvalue weighted by molar-refractivity contribution is 5.66. The summed E-state index contributed by atoms with van der Waals surface area (Å²) in [6.45, 7) is 2.01. The molecule has 0 spiro atoms. The molecule has 0 bridgehead atoms. The Morgan fingerprint density at radius 3 is 2.92 bits per heavy atom. The molecule has 0 saturated carbocycles. The summed E-state index contributed by atoms with van der Waals surface area (Å²) < 4.78 is 1.97. The average Bonchev–Trinajstić information content (AvgIpc) is 2.49. The highest BCUT2D eigenvalue weighted by Crippen LogP contribution is 2.15. The minimum absolute atomic E-state index is 0.744. The van der Waals surface area contributed by atoms with Crippen LogP contribution < -0.4 is 0 Å². The van der Waals surface area contributed by atoms with Gasteiger partial charge in [-0.2, -0.15) is 5.26 Å². The zero-order valence-electron chi connectivity index (χ0n) is 6.78. The number of rotatable bonds is 0. The number of fused-ring (bicyclic) bond motifs is 1. The molecule has 2 heteroatoms. The van der Waals surface area contributed by atoms with Crippen LogP contribution in [0.25, 0.3) is 5.52 Å². The number of hydrogen-bond donors (Lipinski definition) is 0. The van der Waals surface area contributed by atoms with Crippen molar-refractivity contribution in [2.24, 2.45) is 0 Å². The van der Waals surface area contributed by atoms with E-state index in [-0.39, 0.29) is 0 Å². The lowest BCUT2D eigenvalue weighted by atomic mass is 10.2. The van der Waals surface area contributed by atoms with E-state index >= 15 is 0 Å². The van der Waals surface area contributed by atoms with E-state index in [2.05, 4.69) is 6.07 Å². The van der Waals surface area contributed by atoms with Crippen molar-refractivity contribution in [3.8, 4) is 6.07 Å². The Kier molecular flexibility index (Phi) is 1.38. The minimum Gasteiger partial charge on any atom is -0.322 e. The zero-order valence-corrected chi connectivity index (χ0v) is 6.78. The smallest absolute Gasteiger partial charge is 0.101 e. The van der Waals surface area contributed by atoms with Gasteiger partial charge in [-0.3, -0.25) is 0 Å². The Bertz CT molecular complexity index is 460. The second-order valence-corrected chi connectivity index (χ2v) is 2.79. The molecule has 58 valence electrons. The molecular weight excluding hydrogens is 148 g/mol. The van der Waals surface area contributed by atoms with Gasteiger partial charge in [-0.25, -0.2) is 0 Å². The fraction of sp³-hybridized carbons (Fsp3) is 0.100. The highest BCUT2D eigenvalue weighted by Gasteiger charge is 2.02. The molecule has 0 N–H and O–H groups in total. The van der Waals surface area contributed by atoms with E-state index in [0.29, 0.717) is 0 Å². The van der Waals surface area contributed by atoms with Gasteiger partial charge in [-0.1, -0.05) is 6.07 Å². The van der Waals surface area contributed by atoms with Crippen LogP contribution in [0.3, 0.4) is 0 Å². The topological polar surface area (TPSA) is 28.2 Å². The van der Waals surface area contributed by atoms with Gasteiger partial charge in [0.25, 0.3) is 0 Å². The molecule has 2 aromatic heterocycles. The summed E-state index contributed by atoms with van der Waals surface area (Å²) in [7, 11) is 0. The van der Waals surface area contributed by atoms with Crippen molar-refractivity contribution in [3.63, 3.8) is 0 Å². The predicted molar refractivity (Wildman–Crippen MR) is 46.8 cm³/mol. The number of hydrogen-bond acceptors (Lipinski definition) is 1. The molecule has 12 heavy (non-hydrogen) atoms. The number of nitrogens with zero attached hydrogens (tertiary/aromatic N) is 2. The monoisotopic (exact) mass is 156 g/mol. The van der Waals surface area contributed by atoms with Crippen LogP contribution in [-0.2, 0) is 0 Å². The first kappa shape index (κ1) is 6.93. The standard InChI is InChI=1S/C10H8N2/c1-8-3-2-5-12-6-4-9(7-11)10(8)12/h2-6H,1H3. The van der Waals surface area contributed by atoms with Crippen LogP contribution in [0, 0.1) is 18.3 Å². The van der Waals surface area contributed by atoms with Crippen molar-refractivity contribution >= 4 is 5.52 Å². The van der Waals surface area contributed by atoms with E-state index < -0.39 is 0 Å². The van der Waals surface area contributed by atoms with Crippen LogP contribution in [0.15, 0.2) is 30.6 Å². The molecule has 2 rings (SSSR count). The van der Waals surface area contributed by atoms with Gasteiger partial charge in [0.2, 0.25) is 0 Å². The maximum absolute atomic E-state index is 8.79. The van der Waals surface area contributed by atoms with E-state index in [0.717, 1.165) is 16.6 Å². The first-order valence-corrected chi connectivity index (χ1v) is 3.79. The highest BCUT2D eigenvalue weighted by atomic mass is 14.9. The van der Waals surface area contributed by atoms with Gasteiger partial charge in [-0.15, -0.1) is 0 Å². The van der Waals surface area contributed by atoms with E-state index in [1.165, 1.54) is 0 Å². The molecule has 0 amide bonds. The van der Waals surface area contributed by atoms with Crippen LogP contribution in [0.2, 0.25) is 0 Å². The summed E-state index contributed by atoms with van der Waals surface area (Å²) in [5.74, 6) is 0. The van der Waals surface area contributed by atoms with Crippen LogP contribution in [0.1, 0.15) is 11.1 Å². The Hall–Kier alpha value is -1.75. The third-order valence-corrected chi connectivity index (χ3v) is 2.00. The maximum atomic E-state index is 8.79. The van der Waals surface area contributed by atoms with Gasteiger partial charge in [0, 0.05) is 12.4 Å². The Morgan fingerprint density at radius 1 is 1.33 bits per heavy atom. The zero-order chi connectivity index (χ0) is 8.55. The van der Waals surface area contributed by atoms with Gasteiger partial charge in [0.05, 0.1) is 11.1 Å². The maximum Gasteiger partial charge on any atom is 0.101 e. The molecule has 0 atom stereocenters. The molecule has 0 aliphatic rings. The van der Waals surface area contributed by atoms with Crippen LogP contribution >= 0.6 is 0 Å². The molecule has 0 aliphatic heterocycles. The fourth-order valence-electron chi connectivity index (χ4n) is 1.44. The molecule has 0 fully saturated rings. The number of aromatic nitrogens is 1. The lowest BCUT2D eigenvalue weighted by molar-refractivity contribution is 1.18. The molecule has 2 nitrogen and oxygen atoms in total. The van der Waals surface area contributed by atoms with Crippen molar-refractivity contribution in [2.45, 2.75) is 6.92 Å². The SMILES string of the molecule is Cc1cccn2ccc(C#N)c12. The molecule has 2 aromatic rings. The lowest BCUT2D eigenvalue weighted by Gasteiger charge is -1.97. The summed E-state index contributed by atoms with van der Waals surface area (Å²) in [5, 5.41) is 8.79. The average molecular weight is 156 g/mol. The molecule has 2 heterocycles. The summed E-state index contributed by atoms with van der Waals surface area (Å²) in [4.78, 5) is 0. The van der Waals surface area contributed by atoms with Crippen molar-refractivity contribution in [1.82, 2.24) is 4.40 Å². The first-order chi connectivity index (χ1) is 5.83. The molecular formula is C10H8N2. The van der Waals surface area contributed by atoms with Crippen molar-refractivity contribution in [2.75, 3.05) is 0 Å². The lowest BCUT2D eigenvalue weighted by Crippen LogP contribution is -1.84. The number of nitriles is 1. The predicted octanol–water partition coefficient (Wildman–Crippen LogP) is 2.12. The Balaban J connectivity index is 2.95. The number of aryl methyl sites for hydroxylation is 1. The van der Waals surface area contributed by atoms with Crippen LogP contribution in [0.5, 0.6) is 0 Å². The fourth-order valence-corrected chi connectivity index (χ4v) is 1.44. The molecule has 0 aliphatic carbocycles. The van der Waals surface area contributed by atoms with E-state index in [9.17, 15) is 0 Å². The molecule has 0 unspecified atom stereocenters. The van der Waals surface area contributed by atoms with Crippen LogP contribution in [0.4, 0.5) is 0 Å². The summed E-state index contributed by atoms with van der Waals surface area (Å²) in [6, 6.07) is 7.99. The number of pyridine rings is 1. The third-order valence-electron chi connectivity index (χ3n) is 2.00. The largest absolute Gasteiger partial charge is 0.322 e. The molecule has 0 radical (unpaired) electrons.